The number of benzene rings is 1. The van der Waals surface area contributed by atoms with Gasteiger partial charge in [-0.05, 0) is 36.6 Å². The molecule has 0 radical (unpaired) electrons. The second kappa shape index (κ2) is 9.49. The Hall–Kier alpha value is -3.91. The number of fused-ring (bicyclic) bond motifs is 1. The van der Waals surface area contributed by atoms with E-state index in [9.17, 15) is 0 Å². The molecule has 0 aliphatic rings. The van der Waals surface area contributed by atoms with E-state index in [-0.39, 0.29) is 0 Å². The minimum Gasteiger partial charge on any atom is -0.369 e. The minimum atomic E-state index is 0.662. The van der Waals surface area contributed by atoms with Gasteiger partial charge in [-0.15, -0.1) is 11.3 Å². The van der Waals surface area contributed by atoms with Crippen molar-refractivity contribution < 1.29 is 0 Å². The second-order valence-corrected chi connectivity index (χ2v) is 8.07. The lowest BCUT2D eigenvalue weighted by Crippen LogP contribution is -2.06. The van der Waals surface area contributed by atoms with Crippen LogP contribution in [0.5, 0.6) is 0 Å². The van der Waals surface area contributed by atoms with Crippen molar-refractivity contribution in [1.82, 2.24) is 24.9 Å². The van der Waals surface area contributed by atoms with Crippen LogP contribution in [-0.2, 0) is 6.42 Å². The van der Waals surface area contributed by atoms with Gasteiger partial charge in [-0.3, -0.25) is 4.98 Å². The quantitative estimate of drug-likeness (QED) is 0.316. The van der Waals surface area contributed by atoms with Gasteiger partial charge in [0.1, 0.15) is 23.5 Å². The smallest absolute Gasteiger partial charge is 0.162 e. The van der Waals surface area contributed by atoms with Crippen molar-refractivity contribution >= 4 is 38.9 Å². The normalized spacial score (nSPS) is 10.9. The first-order valence-corrected chi connectivity index (χ1v) is 11.3. The summed E-state index contributed by atoms with van der Waals surface area (Å²) in [4.78, 5) is 22.1. The zero-order valence-corrected chi connectivity index (χ0v) is 18.1. The van der Waals surface area contributed by atoms with E-state index in [1.807, 2.05) is 29.6 Å². The number of hydrogen-bond acceptors (Lipinski definition) is 8. The van der Waals surface area contributed by atoms with Crippen molar-refractivity contribution in [3.63, 3.8) is 0 Å². The molecule has 158 valence electrons. The lowest BCUT2D eigenvalue weighted by atomic mass is 10.1. The van der Waals surface area contributed by atoms with Crippen LogP contribution in [0.25, 0.3) is 21.6 Å². The van der Waals surface area contributed by atoms with Gasteiger partial charge >= 0.3 is 0 Å². The number of hydrogen-bond donors (Lipinski definition) is 2. The molecule has 5 aromatic rings. The first-order valence-electron chi connectivity index (χ1n) is 10.4. The molecule has 4 heterocycles. The number of anilines is 3. The number of nitrogens with one attached hydrogen (secondary N) is 2. The number of nitrogens with zero attached hydrogens (tertiary/aromatic N) is 5. The zero-order valence-electron chi connectivity index (χ0n) is 17.3. The van der Waals surface area contributed by atoms with Crippen LogP contribution in [0.15, 0.2) is 78.8 Å². The molecule has 8 heteroatoms. The average Bonchev–Trinajstić information content (AvgIpc) is 3.26. The predicted molar refractivity (Wildman–Crippen MR) is 129 cm³/mol. The average molecular weight is 440 g/mol. The van der Waals surface area contributed by atoms with Crippen LogP contribution in [0.2, 0.25) is 0 Å². The molecule has 1 aromatic carbocycles. The molecule has 0 bridgehead atoms. The first-order chi connectivity index (χ1) is 15.9. The summed E-state index contributed by atoms with van der Waals surface area (Å²) in [5.41, 5.74) is 4.02. The Morgan fingerprint density at radius 3 is 2.53 bits per heavy atom. The molecule has 5 rings (SSSR count). The largest absolute Gasteiger partial charge is 0.369 e. The van der Waals surface area contributed by atoms with Gasteiger partial charge in [-0.25, -0.2) is 19.9 Å². The number of rotatable bonds is 8. The molecule has 7 nitrogen and oxygen atoms in total. The highest BCUT2D eigenvalue weighted by atomic mass is 32.1. The topological polar surface area (TPSA) is 88.5 Å². The Labute approximate surface area is 189 Å². The van der Waals surface area contributed by atoms with Gasteiger partial charge in [0.15, 0.2) is 5.82 Å². The summed E-state index contributed by atoms with van der Waals surface area (Å²) in [5, 5.41) is 8.93. The molecule has 0 unspecified atom stereocenters. The van der Waals surface area contributed by atoms with Crippen molar-refractivity contribution in [2.75, 3.05) is 17.2 Å². The van der Waals surface area contributed by atoms with E-state index < -0.39 is 0 Å². The maximum Gasteiger partial charge on any atom is 0.162 e. The summed E-state index contributed by atoms with van der Waals surface area (Å²) in [6, 6.07) is 16.2. The highest BCUT2D eigenvalue weighted by Gasteiger charge is 2.15. The van der Waals surface area contributed by atoms with Gasteiger partial charge in [0.25, 0.3) is 0 Å². The maximum absolute atomic E-state index is 4.86. The number of pyridine rings is 1. The molecule has 4 aromatic heterocycles. The monoisotopic (exact) mass is 439 g/mol. The Bertz CT molecular complexity index is 1290. The molecule has 2 N–H and O–H groups in total. The van der Waals surface area contributed by atoms with Gasteiger partial charge in [-0.1, -0.05) is 30.3 Å². The van der Waals surface area contributed by atoms with Crippen LogP contribution in [-0.4, -0.2) is 31.5 Å². The van der Waals surface area contributed by atoms with Crippen LogP contribution in [0, 0.1) is 0 Å². The fourth-order valence-electron chi connectivity index (χ4n) is 3.40. The van der Waals surface area contributed by atoms with Gasteiger partial charge in [0.05, 0.1) is 10.4 Å². The van der Waals surface area contributed by atoms with Crippen LogP contribution < -0.4 is 10.6 Å². The summed E-state index contributed by atoms with van der Waals surface area (Å²) in [6.45, 7) is 0.823. The number of aryl methyl sites for hydroxylation is 1. The van der Waals surface area contributed by atoms with Crippen molar-refractivity contribution in [2.24, 2.45) is 0 Å². The third-order valence-corrected chi connectivity index (χ3v) is 5.95. The molecular weight excluding hydrogens is 418 g/mol. The lowest BCUT2D eigenvalue weighted by molar-refractivity contribution is 0.860. The molecule has 0 spiro atoms. The first kappa shape index (κ1) is 20.0. The SMILES string of the molecule is c1ccc(CCCNc2nc(-c3ccncc3)nc3c(Nc4ccncn4)csc23)cc1. The summed E-state index contributed by atoms with van der Waals surface area (Å²) in [7, 11) is 0. The van der Waals surface area contributed by atoms with Crippen molar-refractivity contribution in [1.29, 1.82) is 0 Å². The van der Waals surface area contributed by atoms with E-state index in [0.29, 0.717) is 5.82 Å². The molecule has 0 atom stereocenters. The molecule has 0 saturated carbocycles. The molecule has 32 heavy (non-hydrogen) atoms. The third-order valence-electron chi connectivity index (χ3n) is 4.98. The Kier molecular flexibility index (Phi) is 5.93. The van der Waals surface area contributed by atoms with Gasteiger partial charge in [0.2, 0.25) is 0 Å². The number of aromatic nitrogens is 5. The predicted octanol–water partition coefficient (Wildman–Crippen LogP) is 5.33. The Balaban J connectivity index is 1.44. The van der Waals surface area contributed by atoms with Gasteiger partial charge < -0.3 is 10.6 Å². The number of thiophene rings is 1. The summed E-state index contributed by atoms with van der Waals surface area (Å²) < 4.78 is 1.01. The van der Waals surface area contributed by atoms with Crippen LogP contribution >= 0.6 is 11.3 Å². The van der Waals surface area contributed by atoms with Crippen molar-refractivity contribution in [2.45, 2.75) is 12.8 Å². The molecule has 0 amide bonds. The van der Waals surface area contributed by atoms with Gasteiger partial charge in [0, 0.05) is 36.1 Å². The molecule has 0 saturated heterocycles. The third kappa shape index (κ3) is 4.55. The fourth-order valence-corrected chi connectivity index (χ4v) is 4.31. The van der Waals surface area contributed by atoms with Crippen LogP contribution in [0.4, 0.5) is 17.3 Å². The van der Waals surface area contributed by atoms with Crippen LogP contribution in [0.1, 0.15) is 12.0 Å². The molecular formula is C24H21N7S. The van der Waals surface area contributed by atoms with E-state index >= 15 is 0 Å². The minimum absolute atomic E-state index is 0.662. The van der Waals surface area contributed by atoms with E-state index in [1.54, 1.807) is 29.9 Å². The van der Waals surface area contributed by atoms with E-state index in [4.69, 9.17) is 9.97 Å². The Morgan fingerprint density at radius 2 is 1.72 bits per heavy atom. The van der Waals surface area contributed by atoms with E-state index in [1.165, 1.54) is 11.9 Å². The summed E-state index contributed by atoms with van der Waals surface area (Å²) in [5.74, 6) is 2.23. The highest BCUT2D eigenvalue weighted by molar-refractivity contribution is 7.18. The summed E-state index contributed by atoms with van der Waals surface area (Å²) in [6.07, 6.45) is 8.77. The van der Waals surface area contributed by atoms with E-state index in [2.05, 4.69) is 49.9 Å². The van der Waals surface area contributed by atoms with Crippen molar-refractivity contribution in [3.05, 3.63) is 84.4 Å². The standard InChI is InChI=1S/C24H21N7S/c1-2-5-17(6-3-1)7-4-11-27-24-22-21(30-23(31-24)18-8-12-25-13-9-18)19(15-32-22)29-20-10-14-26-16-28-20/h1-3,5-6,8-10,12-16H,4,7,11H2,(H,26,28,29)(H,27,30,31). The van der Waals surface area contributed by atoms with Crippen LogP contribution in [0.3, 0.4) is 0 Å². The fraction of sp³-hybridized carbons (Fsp3) is 0.125. The maximum atomic E-state index is 4.86. The molecule has 0 fully saturated rings. The Morgan fingerprint density at radius 1 is 0.875 bits per heavy atom. The second-order valence-electron chi connectivity index (χ2n) is 7.19. The molecule has 0 aliphatic heterocycles. The summed E-state index contributed by atoms with van der Waals surface area (Å²) >= 11 is 1.61. The highest BCUT2D eigenvalue weighted by Crippen LogP contribution is 2.36. The van der Waals surface area contributed by atoms with E-state index in [0.717, 1.165) is 52.5 Å². The zero-order chi connectivity index (χ0) is 21.6. The molecule has 0 aliphatic carbocycles. The van der Waals surface area contributed by atoms with Gasteiger partial charge in [-0.2, -0.15) is 0 Å². The lowest BCUT2D eigenvalue weighted by Gasteiger charge is -2.10. The van der Waals surface area contributed by atoms with Crippen molar-refractivity contribution in [3.8, 4) is 11.4 Å².